The van der Waals surface area contributed by atoms with Gasteiger partial charge in [-0.05, 0) is 18.4 Å². The zero-order chi connectivity index (χ0) is 11.3. The Kier molecular flexibility index (Phi) is 3.94. The summed E-state index contributed by atoms with van der Waals surface area (Å²) >= 11 is 1.21. The lowest BCUT2D eigenvalue weighted by Gasteiger charge is -2.01. The van der Waals surface area contributed by atoms with Gasteiger partial charge in [0.15, 0.2) is 11.4 Å². The third-order valence-electron chi connectivity index (χ3n) is 1.52. The van der Waals surface area contributed by atoms with Crippen molar-refractivity contribution in [1.82, 2.24) is 5.32 Å². The SMILES string of the molecule is CSC(=Nc1ccc(F)cc1O)NC#N. The van der Waals surface area contributed by atoms with Crippen LogP contribution in [0, 0.1) is 17.3 Å². The molecule has 1 aromatic carbocycles. The van der Waals surface area contributed by atoms with E-state index in [1.807, 2.05) is 0 Å². The van der Waals surface area contributed by atoms with Crippen molar-refractivity contribution in [1.29, 1.82) is 5.26 Å². The van der Waals surface area contributed by atoms with Crippen molar-refractivity contribution < 1.29 is 9.50 Å². The van der Waals surface area contributed by atoms with Crippen LogP contribution in [0.5, 0.6) is 5.75 Å². The summed E-state index contributed by atoms with van der Waals surface area (Å²) in [6, 6.07) is 3.48. The molecule has 0 unspecified atom stereocenters. The summed E-state index contributed by atoms with van der Waals surface area (Å²) in [4.78, 5) is 3.94. The average molecular weight is 225 g/mol. The van der Waals surface area contributed by atoms with Gasteiger partial charge in [0.2, 0.25) is 0 Å². The first-order valence-electron chi connectivity index (χ1n) is 3.93. The lowest BCUT2D eigenvalue weighted by atomic mass is 10.3. The fraction of sp³-hybridized carbons (Fsp3) is 0.111. The number of thioether (sulfide) groups is 1. The molecule has 0 aliphatic rings. The van der Waals surface area contributed by atoms with Crippen LogP contribution in [0.4, 0.5) is 10.1 Å². The first-order valence-corrected chi connectivity index (χ1v) is 5.16. The number of nitrogens with zero attached hydrogens (tertiary/aromatic N) is 2. The molecule has 4 nitrogen and oxygen atoms in total. The van der Waals surface area contributed by atoms with Crippen LogP contribution in [-0.4, -0.2) is 16.5 Å². The van der Waals surface area contributed by atoms with E-state index in [0.29, 0.717) is 5.17 Å². The monoisotopic (exact) mass is 225 g/mol. The molecule has 0 aliphatic carbocycles. The Balaban J connectivity index is 3.01. The molecule has 0 amide bonds. The molecule has 78 valence electrons. The van der Waals surface area contributed by atoms with E-state index in [2.05, 4.69) is 10.3 Å². The molecule has 0 aliphatic heterocycles. The van der Waals surface area contributed by atoms with E-state index >= 15 is 0 Å². The largest absolute Gasteiger partial charge is 0.506 e. The average Bonchev–Trinajstić information content (AvgIpc) is 2.21. The van der Waals surface area contributed by atoms with Crippen molar-refractivity contribution >= 4 is 22.6 Å². The Morgan fingerprint density at radius 2 is 2.40 bits per heavy atom. The summed E-state index contributed by atoms with van der Waals surface area (Å²) < 4.78 is 12.6. The number of amidine groups is 1. The van der Waals surface area contributed by atoms with Crippen LogP contribution < -0.4 is 5.32 Å². The number of hydrogen-bond acceptors (Lipinski definition) is 4. The summed E-state index contributed by atoms with van der Waals surface area (Å²) in [5.41, 5.74) is 0.212. The van der Waals surface area contributed by atoms with Gasteiger partial charge in [-0.25, -0.2) is 9.38 Å². The Labute approximate surface area is 90.4 Å². The molecule has 1 aromatic rings. The number of aromatic hydroxyl groups is 1. The number of benzene rings is 1. The lowest BCUT2D eigenvalue weighted by molar-refractivity contribution is 0.470. The van der Waals surface area contributed by atoms with Crippen LogP contribution in [0.15, 0.2) is 23.2 Å². The van der Waals surface area contributed by atoms with Crippen molar-refractivity contribution in [2.45, 2.75) is 0 Å². The molecule has 0 saturated carbocycles. The molecule has 0 aromatic heterocycles. The second-order valence-corrected chi connectivity index (χ2v) is 3.29. The predicted molar refractivity (Wildman–Crippen MR) is 57.4 cm³/mol. The van der Waals surface area contributed by atoms with Gasteiger partial charge in [0.1, 0.15) is 17.3 Å². The van der Waals surface area contributed by atoms with Crippen molar-refractivity contribution in [3.63, 3.8) is 0 Å². The van der Waals surface area contributed by atoms with Crippen LogP contribution in [0.2, 0.25) is 0 Å². The quantitative estimate of drug-likeness (QED) is 0.332. The van der Waals surface area contributed by atoms with E-state index < -0.39 is 5.82 Å². The van der Waals surface area contributed by atoms with Gasteiger partial charge < -0.3 is 5.11 Å². The Morgan fingerprint density at radius 1 is 1.67 bits per heavy atom. The molecule has 1 rings (SSSR count). The van der Waals surface area contributed by atoms with Crippen molar-refractivity contribution in [2.75, 3.05) is 6.26 Å². The van der Waals surface area contributed by atoms with Gasteiger partial charge in [-0.15, -0.1) is 0 Å². The molecule has 2 N–H and O–H groups in total. The Morgan fingerprint density at radius 3 is 2.93 bits per heavy atom. The molecule has 6 heteroatoms. The van der Waals surface area contributed by atoms with Gasteiger partial charge >= 0.3 is 0 Å². The van der Waals surface area contributed by atoms with Gasteiger partial charge in [-0.2, -0.15) is 5.26 Å². The smallest absolute Gasteiger partial charge is 0.183 e. The summed E-state index contributed by atoms with van der Waals surface area (Å²) in [6.45, 7) is 0. The van der Waals surface area contributed by atoms with Gasteiger partial charge in [0, 0.05) is 6.07 Å². The highest BCUT2D eigenvalue weighted by atomic mass is 32.2. The second kappa shape index (κ2) is 5.22. The number of nitrogens with one attached hydrogen (secondary N) is 1. The second-order valence-electron chi connectivity index (χ2n) is 2.49. The number of rotatable bonds is 1. The highest BCUT2D eigenvalue weighted by Crippen LogP contribution is 2.27. The Hall–Kier alpha value is -1.74. The number of aliphatic imine (C=N–C) groups is 1. The maximum Gasteiger partial charge on any atom is 0.183 e. The molecule has 0 saturated heterocycles. The van der Waals surface area contributed by atoms with E-state index in [1.165, 1.54) is 23.9 Å². The predicted octanol–water partition coefficient (Wildman–Crippen LogP) is 1.95. The molecule has 0 radical (unpaired) electrons. The van der Waals surface area contributed by atoms with E-state index in [9.17, 15) is 9.50 Å². The van der Waals surface area contributed by atoms with Crippen LogP contribution >= 0.6 is 11.8 Å². The number of phenolic OH excluding ortho intramolecular Hbond substituents is 1. The van der Waals surface area contributed by atoms with Crippen LogP contribution in [0.3, 0.4) is 0 Å². The molecular formula is C9H8FN3OS. The maximum absolute atomic E-state index is 12.6. The van der Waals surface area contributed by atoms with Crippen LogP contribution in [0.1, 0.15) is 0 Å². The number of nitriles is 1. The van der Waals surface area contributed by atoms with E-state index in [4.69, 9.17) is 5.26 Å². The highest BCUT2D eigenvalue weighted by Gasteiger charge is 2.03. The van der Waals surface area contributed by atoms with Gasteiger partial charge in [0.25, 0.3) is 0 Å². The molecule has 0 atom stereocenters. The molecular weight excluding hydrogens is 217 g/mol. The molecule has 0 heterocycles. The third-order valence-corrected chi connectivity index (χ3v) is 2.10. The highest BCUT2D eigenvalue weighted by molar-refractivity contribution is 8.13. The van der Waals surface area contributed by atoms with E-state index in [1.54, 1.807) is 12.4 Å². The number of phenols is 1. The summed E-state index contributed by atoms with van der Waals surface area (Å²) in [5.74, 6) is -0.799. The molecule has 0 spiro atoms. The first kappa shape index (κ1) is 11.3. The first-order chi connectivity index (χ1) is 7.17. The van der Waals surface area contributed by atoms with Gasteiger partial charge in [-0.1, -0.05) is 11.8 Å². The topological polar surface area (TPSA) is 68.4 Å². The number of halogens is 1. The van der Waals surface area contributed by atoms with Gasteiger partial charge in [-0.3, -0.25) is 5.32 Å². The standard InChI is InChI=1S/C9H8FN3OS/c1-15-9(12-5-11)13-7-3-2-6(10)4-8(7)14/h2-4,14H,1H3,(H,12,13). The normalized spacial score (nSPS) is 10.9. The maximum atomic E-state index is 12.6. The van der Waals surface area contributed by atoms with E-state index in [-0.39, 0.29) is 11.4 Å². The minimum atomic E-state index is -0.537. The molecule has 0 fully saturated rings. The summed E-state index contributed by atoms with van der Waals surface area (Å²) in [7, 11) is 0. The van der Waals surface area contributed by atoms with Crippen LogP contribution in [0.25, 0.3) is 0 Å². The van der Waals surface area contributed by atoms with Crippen molar-refractivity contribution in [3.05, 3.63) is 24.0 Å². The van der Waals surface area contributed by atoms with Crippen LogP contribution in [-0.2, 0) is 0 Å². The zero-order valence-corrected chi connectivity index (χ0v) is 8.68. The van der Waals surface area contributed by atoms with Gasteiger partial charge in [0.05, 0.1) is 0 Å². The van der Waals surface area contributed by atoms with Crippen molar-refractivity contribution in [3.8, 4) is 11.9 Å². The minimum absolute atomic E-state index is 0.212. The summed E-state index contributed by atoms with van der Waals surface area (Å²) in [6.07, 6.45) is 3.44. The zero-order valence-electron chi connectivity index (χ0n) is 7.86. The van der Waals surface area contributed by atoms with E-state index in [0.717, 1.165) is 6.07 Å². The molecule has 0 bridgehead atoms. The minimum Gasteiger partial charge on any atom is -0.506 e. The Bertz CT molecular complexity index is 428. The third kappa shape index (κ3) is 3.14. The lowest BCUT2D eigenvalue weighted by Crippen LogP contribution is -2.12. The number of hydrogen-bond donors (Lipinski definition) is 2. The van der Waals surface area contributed by atoms with Crippen molar-refractivity contribution in [2.24, 2.45) is 4.99 Å². The molecule has 15 heavy (non-hydrogen) atoms. The summed E-state index contributed by atoms with van der Waals surface area (Å²) in [5, 5.41) is 20.4. The fourth-order valence-corrected chi connectivity index (χ4v) is 1.21. The fourth-order valence-electron chi connectivity index (χ4n) is 0.873.